The quantitative estimate of drug-likeness (QED) is 0.856. The van der Waals surface area contributed by atoms with Gasteiger partial charge in [-0.25, -0.2) is 0 Å². The van der Waals surface area contributed by atoms with Crippen LogP contribution in [-0.4, -0.2) is 20.6 Å². The summed E-state index contributed by atoms with van der Waals surface area (Å²) in [5.41, 5.74) is 8.26. The molecule has 0 saturated carbocycles. The van der Waals surface area contributed by atoms with Gasteiger partial charge >= 0.3 is 0 Å². The zero-order valence-corrected chi connectivity index (χ0v) is 12.7. The van der Waals surface area contributed by atoms with Gasteiger partial charge in [0.2, 0.25) is 0 Å². The third-order valence-corrected chi connectivity index (χ3v) is 4.32. The Morgan fingerprint density at radius 3 is 2.75 bits per heavy atom. The fourth-order valence-electron chi connectivity index (χ4n) is 1.98. The van der Waals surface area contributed by atoms with Crippen molar-refractivity contribution in [1.82, 2.24) is 9.78 Å². The van der Waals surface area contributed by atoms with Crippen molar-refractivity contribution in [3.63, 3.8) is 0 Å². The predicted octanol–water partition coefficient (Wildman–Crippen LogP) is 2.02. The van der Waals surface area contributed by atoms with E-state index in [0.717, 1.165) is 11.4 Å². The molecule has 0 aliphatic rings. The molecule has 0 radical (unpaired) electrons. The molecule has 6 heteroatoms. The molecule has 0 amide bonds. The number of ether oxygens (including phenoxy) is 1. The van der Waals surface area contributed by atoms with E-state index in [0.29, 0.717) is 28.7 Å². The SMILES string of the molecule is CCOc1ccc(N)c(S(=O)Cc2cc(C)nn2C)c1. The van der Waals surface area contributed by atoms with Gasteiger partial charge in [-0.05, 0) is 38.1 Å². The number of aromatic nitrogens is 2. The smallest absolute Gasteiger partial charge is 0.120 e. The fraction of sp³-hybridized carbons (Fsp3) is 0.357. The number of nitrogens with two attached hydrogens (primary N) is 1. The van der Waals surface area contributed by atoms with Crippen molar-refractivity contribution < 1.29 is 8.95 Å². The van der Waals surface area contributed by atoms with Crippen molar-refractivity contribution in [1.29, 1.82) is 0 Å². The standard InChI is InChI=1S/C14H19N3O2S/c1-4-19-12-5-6-13(15)14(8-12)20(18)9-11-7-10(2)16-17(11)3/h5-8H,4,9,15H2,1-3H3. The lowest BCUT2D eigenvalue weighted by Gasteiger charge is -2.09. The van der Waals surface area contributed by atoms with Crippen molar-refractivity contribution >= 4 is 16.5 Å². The van der Waals surface area contributed by atoms with Crippen LogP contribution in [0, 0.1) is 6.92 Å². The van der Waals surface area contributed by atoms with Crippen LogP contribution in [0.15, 0.2) is 29.2 Å². The first kappa shape index (κ1) is 14.6. The molecule has 108 valence electrons. The molecule has 5 nitrogen and oxygen atoms in total. The Morgan fingerprint density at radius 1 is 1.40 bits per heavy atom. The number of aryl methyl sites for hydroxylation is 2. The normalized spacial score (nSPS) is 12.3. The lowest BCUT2D eigenvalue weighted by atomic mass is 10.3. The second kappa shape index (κ2) is 6.09. The maximum Gasteiger partial charge on any atom is 0.120 e. The molecule has 1 heterocycles. The molecular formula is C14H19N3O2S. The van der Waals surface area contributed by atoms with Crippen LogP contribution in [0.1, 0.15) is 18.3 Å². The average Bonchev–Trinajstić information content (AvgIpc) is 2.70. The minimum absolute atomic E-state index is 0.386. The van der Waals surface area contributed by atoms with Gasteiger partial charge < -0.3 is 10.5 Å². The van der Waals surface area contributed by atoms with Crippen molar-refractivity contribution in [3.05, 3.63) is 35.7 Å². The zero-order valence-electron chi connectivity index (χ0n) is 11.9. The molecule has 0 saturated heterocycles. The van der Waals surface area contributed by atoms with Crippen molar-refractivity contribution in [2.45, 2.75) is 24.5 Å². The topological polar surface area (TPSA) is 70.1 Å². The van der Waals surface area contributed by atoms with Gasteiger partial charge in [0.25, 0.3) is 0 Å². The number of rotatable bonds is 5. The molecule has 20 heavy (non-hydrogen) atoms. The minimum Gasteiger partial charge on any atom is -0.494 e. The number of hydrogen-bond donors (Lipinski definition) is 1. The highest BCUT2D eigenvalue weighted by molar-refractivity contribution is 7.84. The average molecular weight is 293 g/mol. The molecule has 0 spiro atoms. The predicted molar refractivity (Wildman–Crippen MR) is 80.1 cm³/mol. The van der Waals surface area contributed by atoms with Crippen molar-refractivity contribution in [2.24, 2.45) is 7.05 Å². The van der Waals surface area contributed by atoms with Crippen LogP contribution < -0.4 is 10.5 Å². The van der Waals surface area contributed by atoms with Crippen LogP contribution >= 0.6 is 0 Å². The molecule has 2 N–H and O–H groups in total. The minimum atomic E-state index is -1.22. The number of nitrogens with zero attached hydrogens (tertiary/aromatic N) is 2. The van der Waals surface area contributed by atoms with E-state index in [1.807, 2.05) is 27.0 Å². The van der Waals surface area contributed by atoms with Crippen molar-refractivity contribution in [2.75, 3.05) is 12.3 Å². The van der Waals surface area contributed by atoms with Gasteiger partial charge in [-0.1, -0.05) is 0 Å². The van der Waals surface area contributed by atoms with Crippen molar-refractivity contribution in [3.8, 4) is 5.75 Å². The first-order chi connectivity index (χ1) is 9.51. The Bertz CT molecular complexity index is 637. The van der Waals surface area contributed by atoms with Crippen LogP contribution in [0.4, 0.5) is 5.69 Å². The van der Waals surface area contributed by atoms with E-state index in [9.17, 15) is 4.21 Å². The summed E-state index contributed by atoms with van der Waals surface area (Å²) >= 11 is 0. The van der Waals surface area contributed by atoms with E-state index in [1.165, 1.54) is 0 Å². The van der Waals surface area contributed by atoms with Gasteiger partial charge in [0.1, 0.15) is 5.75 Å². The summed E-state index contributed by atoms with van der Waals surface area (Å²) in [5.74, 6) is 1.07. The van der Waals surface area contributed by atoms with E-state index >= 15 is 0 Å². The second-order valence-corrected chi connectivity index (χ2v) is 5.94. The first-order valence-electron chi connectivity index (χ1n) is 6.41. The van der Waals surface area contributed by atoms with Gasteiger partial charge in [-0.2, -0.15) is 5.10 Å². The number of benzene rings is 1. The summed E-state index contributed by atoms with van der Waals surface area (Å²) in [4.78, 5) is 0.606. The van der Waals surface area contributed by atoms with Crippen LogP contribution in [0.25, 0.3) is 0 Å². The van der Waals surface area contributed by atoms with Gasteiger partial charge in [0, 0.05) is 12.7 Å². The molecule has 2 aromatic rings. The maximum absolute atomic E-state index is 12.5. The van der Waals surface area contributed by atoms with Gasteiger partial charge in [0.15, 0.2) is 0 Å². The van der Waals surface area contributed by atoms with Crippen LogP contribution in [0.3, 0.4) is 0 Å². The van der Waals surface area contributed by atoms with Gasteiger partial charge in [-0.3, -0.25) is 8.89 Å². The molecule has 2 rings (SSSR count). The van der Waals surface area contributed by atoms with Gasteiger partial charge in [0.05, 0.1) is 39.4 Å². The molecule has 0 bridgehead atoms. The lowest BCUT2D eigenvalue weighted by molar-refractivity contribution is 0.339. The van der Waals surface area contributed by atoms with E-state index in [-0.39, 0.29) is 0 Å². The molecular weight excluding hydrogens is 274 g/mol. The van der Waals surface area contributed by atoms with Crippen LogP contribution in [-0.2, 0) is 23.6 Å². The van der Waals surface area contributed by atoms with E-state index < -0.39 is 10.8 Å². The van der Waals surface area contributed by atoms with E-state index in [2.05, 4.69) is 5.10 Å². The van der Waals surface area contributed by atoms with Gasteiger partial charge in [-0.15, -0.1) is 0 Å². The molecule has 1 unspecified atom stereocenters. The summed E-state index contributed by atoms with van der Waals surface area (Å²) in [5, 5.41) is 4.25. The Kier molecular flexibility index (Phi) is 4.44. The second-order valence-electron chi connectivity index (χ2n) is 4.52. The summed E-state index contributed by atoms with van der Waals surface area (Å²) < 4.78 is 19.7. The third kappa shape index (κ3) is 3.19. The molecule has 0 aliphatic carbocycles. The largest absolute Gasteiger partial charge is 0.494 e. The van der Waals surface area contributed by atoms with Crippen LogP contribution in [0.5, 0.6) is 5.75 Å². The highest BCUT2D eigenvalue weighted by atomic mass is 32.2. The third-order valence-electron chi connectivity index (χ3n) is 2.92. The summed E-state index contributed by atoms with van der Waals surface area (Å²) in [6.45, 7) is 4.39. The highest BCUT2D eigenvalue weighted by Gasteiger charge is 2.13. The summed E-state index contributed by atoms with van der Waals surface area (Å²) in [6, 6.07) is 7.19. The molecule has 0 aliphatic heterocycles. The van der Waals surface area contributed by atoms with Crippen LogP contribution in [0.2, 0.25) is 0 Å². The summed E-state index contributed by atoms with van der Waals surface area (Å²) in [7, 11) is 0.624. The first-order valence-corrected chi connectivity index (χ1v) is 7.73. The Labute approximate surface area is 121 Å². The summed E-state index contributed by atoms with van der Waals surface area (Å²) in [6.07, 6.45) is 0. The fourth-order valence-corrected chi connectivity index (χ4v) is 3.25. The number of hydrogen-bond acceptors (Lipinski definition) is 4. The lowest BCUT2D eigenvalue weighted by Crippen LogP contribution is -2.05. The van der Waals surface area contributed by atoms with E-state index in [4.69, 9.17) is 10.5 Å². The Hall–Kier alpha value is -1.82. The maximum atomic E-state index is 12.5. The molecule has 0 fully saturated rings. The molecule has 1 aromatic heterocycles. The Balaban J connectivity index is 2.24. The van der Waals surface area contributed by atoms with E-state index in [1.54, 1.807) is 22.9 Å². The monoisotopic (exact) mass is 293 g/mol. The number of nitrogen functional groups attached to an aromatic ring is 1. The molecule has 1 aromatic carbocycles. The zero-order chi connectivity index (χ0) is 14.7. The number of anilines is 1. The molecule has 1 atom stereocenters. The highest BCUT2D eigenvalue weighted by Crippen LogP contribution is 2.24. The Morgan fingerprint density at radius 2 is 2.15 bits per heavy atom.